The fourth-order valence-electron chi connectivity index (χ4n) is 3.43. The van der Waals surface area contributed by atoms with Gasteiger partial charge in [-0.15, -0.1) is 0 Å². The van der Waals surface area contributed by atoms with Crippen LogP contribution in [-0.2, 0) is 6.54 Å². The van der Waals surface area contributed by atoms with Gasteiger partial charge >= 0.3 is 0 Å². The lowest BCUT2D eigenvalue weighted by Gasteiger charge is -2.20. The molecule has 3 heterocycles. The molecule has 3 aromatic rings. The Morgan fingerprint density at radius 1 is 1.31 bits per heavy atom. The number of benzene rings is 1. The molecular formula is C20H23FN8. The van der Waals surface area contributed by atoms with Crippen molar-refractivity contribution in [3.8, 4) is 11.4 Å². The summed E-state index contributed by atoms with van der Waals surface area (Å²) >= 11 is 0. The van der Waals surface area contributed by atoms with Crippen LogP contribution in [0.25, 0.3) is 11.4 Å². The van der Waals surface area contributed by atoms with Crippen molar-refractivity contribution in [2.75, 3.05) is 25.0 Å². The van der Waals surface area contributed by atoms with Crippen molar-refractivity contribution in [2.24, 2.45) is 4.99 Å². The van der Waals surface area contributed by atoms with Crippen LogP contribution >= 0.6 is 0 Å². The van der Waals surface area contributed by atoms with Crippen molar-refractivity contribution in [3.05, 3.63) is 60.3 Å². The molecule has 1 unspecified atom stereocenters. The van der Waals surface area contributed by atoms with E-state index in [0.717, 1.165) is 29.9 Å². The minimum Gasteiger partial charge on any atom is -0.352 e. The van der Waals surface area contributed by atoms with Crippen LogP contribution in [0.3, 0.4) is 0 Å². The smallest absolute Gasteiger partial charge is 0.191 e. The Morgan fingerprint density at radius 3 is 3.03 bits per heavy atom. The van der Waals surface area contributed by atoms with Crippen molar-refractivity contribution >= 4 is 11.8 Å². The number of nitrogens with zero attached hydrogens (tertiary/aromatic N) is 5. The topological polar surface area (TPSA) is 94.1 Å². The van der Waals surface area contributed by atoms with Gasteiger partial charge in [-0.25, -0.2) is 14.4 Å². The molecule has 4 rings (SSSR count). The quantitative estimate of drug-likeness (QED) is 0.452. The standard InChI is InChI=1S/C20H23FN8/c1-22-20(24-11-14-4-2-5-15(10-14)18-25-13-26-28-18)27-16-7-9-29(12-16)19-17(21)6-3-8-23-19/h2-6,8,10,13,16H,7,9,11-12H2,1H3,(H2,22,24,27)(H,25,26,28). The Labute approximate surface area is 168 Å². The van der Waals surface area contributed by atoms with Crippen molar-refractivity contribution < 1.29 is 4.39 Å². The first-order valence-electron chi connectivity index (χ1n) is 9.50. The van der Waals surface area contributed by atoms with Crippen molar-refractivity contribution in [1.82, 2.24) is 30.8 Å². The Hall–Kier alpha value is -3.49. The highest BCUT2D eigenvalue weighted by atomic mass is 19.1. The molecule has 1 aromatic carbocycles. The van der Waals surface area contributed by atoms with Gasteiger partial charge in [0.25, 0.3) is 0 Å². The van der Waals surface area contributed by atoms with Gasteiger partial charge in [0.1, 0.15) is 6.33 Å². The SMILES string of the molecule is CN=C(NCc1cccc(-c2ncn[nH]2)c1)NC1CCN(c2ncccc2F)C1. The first-order valence-corrected chi connectivity index (χ1v) is 9.50. The molecule has 2 aromatic heterocycles. The van der Waals surface area contributed by atoms with E-state index in [4.69, 9.17) is 0 Å². The molecular weight excluding hydrogens is 371 g/mol. The second-order valence-corrected chi connectivity index (χ2v) is 6.85. The maximum atomic E-state index is 14.0. The summed E-state index contributed by atoms with van der Waals surface area (Å²) in [5, 5.41) is 13.5. The lowest BCUT2D eigenvalue weighted by Crippen LogP contribution is -2.44. The molecule has 0 bridgehead atoms. The molecule has 9 heteroatoms. The second-order valence-electron chi connectivity index (χ2n) is 6.85. The summed E-state index contributed by atoms with van der Waals surface area (Å²) in [6, 6.07) is 11.3. The number of nitrogens with one attached hydrogen (secondary N) is 3. The van der Waals surface area contributed by atoms with Gasteiger partial charge in [0, 0.05) is 44.5 Å². The molecule has 1 aliphatic rings. The average Bonchev–Trinajstić information content (AvgIpc) is 3.44. The fraction of sp³-hybridized carbons (Fsp3) is 0.300. The summed E-state index contributed by atoms with van der Waals surface area (Å²) in [4.78, 5) is 14.6. The molecule has 0 saturated carbocycles. The van der Waals surface area contributed by atoms with Gasteiger partial charge in [-0.2, -0.15) is 5.10 Å². The third kappa shape index (κ3) is 4.50. The average molecular weight is 394 g/mol. The summed E-state index contributed by atoms with van der Waals surface area (Å²) in [5.41, 5.74) is 2.08. The summed E-state index contributed by atoms with van der Waals surface area (Å²) in [6.45, 7) is 2.05. The number of aliphatic imine (C=N–C) groups is 1. The highest BCUT2D eigenvalue weighted by Crippen LogP contribution is 2.20. The van der Waals surface area contributed by atoms with E-state index in [1.807, 2.05) is 23.1 Å². The van der Waals surface area contributed by atoms with E-state index in [2.05, 4.69) is 41.9 Å². The predicted molar refractivity (Wildman–Crippen MR) is 110 cm³/mol. The molecule has 1 fully saturated rings. The monoisotopic (exact) mass is 394 g/mol. The minimum absolute atomic E-state index is 0.170. The zero-order valence-electron chi connectivity index (χ0n) is 16.1. The van der Waals surface area contributed by atoms with Crippen LogP contribution in [0, 0.1) is 5.82 Å². The van der Waals surface area contributed by atoms with E-state index >= 15 is 0 Å². The fourth-order valence-corrected chi connectivity index (χ4v) is 3.43. The van der Waals surface area contributed by atoms with Crippen LogP contribution < -0.4 is 15.5 Å². The van der Waals surface area contributed by atoms with Crippen LogP contribution in [0.1, 0.15) is 12.0 Å². The lowest BCUT2D eigenvalue weighted by molar-refractivity contribution is 0.612. The number of pyridine rings is 1. The molecule has 8 nitrogen and oxygen atoms in total. The number of aromatic amines is 1. The summed E-state index contributed by atoms with van der Waals surface area (Å²) in [5.74, 6) is 1.57. The van der Waals surface area contributed by atoms with E-state index in [1.54, 1.807) is 19.3 Å². The molecule has 0 aliphatic carbocycles. The van der Waals surface area contributed by atoms with Gasteiger partial charge in [-0.1, -0.05) is 18.2 Å². The number of hydrogen-bond donors (Lipinski definition) is 3. The highest BCUT2D eigenvalue weighted by molar-refractivity contribution is 5.80. The maximum absolute atomic E-state index is 14.0. The van der Waals surface area contributed by atoms with Crippen LogP contribution in [0.15, 0.2) is 53.9 Å². The summed E-state index contributed by atoms with van der Waals surface area (Å²) in [7, 11) is 1.74. The van der Waals surface area contributed by atoms with E-state index < -0.39 is 0 Å². The zero-order valence-corrected chi connectivity index (χ0v) is 16.1. The van der Waals surface area contributed by atoms with Gasteiger partial charge in [-0.05, 0) is 30.2 Å². The zero-order chi connectivity index (χ0) is 20.1. The highest BCUT2D eigenvalue weighted by Gasteiger charge is 2.25. The molecule has 1 saturated heterocycles. The number of hydrogen-bond acceptors (Lipinski definition) is 5. The third-order valence-electron chi connectivity index (χ3n) is 4.87. The van der Waals surface area contributed by atoms with Crippen molar-refractivity contribution in [2.45, 2.75) is 19.0 Å². The van der Waals surface area contributed by atoms with Gasteiger partial charge in [0.15, 0.2) is 23.4 Å². The van der Waals surface area contributed by atoms with Crippen LogP contribution in [0.4, 0.5) is 10.2 Å². The Bertz CT molecular complexity index is 972. The van der Waals surface area contributed by atoms with E-state index in [0.29, 0.717) is 24.9 Å². The largest absolute Gasteiger partial charge is 0.352 e. The maximum Gasteiger partial charge on any atom is 0.191 e. The van der Waals surface area contributed by atoms with Crippen LogP contribution in [0.2, 0.25) is 0 Å². The molecule has 29 heavy (non-hydrogen) atoms. The molecule has 1 aliphatic heterocycles. The molecule has 0 spiro atoms. The van der Waals surface area contributed by atoms with Gasteiger partial charge in [-0.3, -0.25) is 10.1 Å². The number of rotatable bonds is 5. The minimum atomic E-state index is -0.290. The normalized spacial score (nSPS) is 16.8. The molecule has 0 amide bonds. The lowest BCUT2D eigenvalue weighted by atomic mass is 10.1. The van der Waals surface area contributed by atoms with Gasteiger partial charge < -0.3 is 15.5 Å². The number of halogens is 1. The molecule has 3 N–H and O–H groups in total. The van der Waals surface area contributed by atoms with Crippen LogP contribution in [0.5, 0.6) is 0 Å². The summed E-state index contributed by atoms with van der Waals surface area (Å²) in [6.07, 6.45) is 4.00. The number of anilines is 1. The van der Waals surface area contributed by atoms with Crippen molar-refractivity contribution in [3.63, 3.8) is 0 Å². The first-order chi connectivity index (χ1) is 14.2. The van der Waals surface area contributed by atoms with Gasteiger partial charge in [0.2, 0.25) is 0 Å². The number of H-pyrrole nitrogens is 1. The molecule has 150 valence electrons. The van der Waals surface area contributed by atoms with E-state index in [-0.39, 0.29) is 11.9 Å². The summed E-state index contributed by atoms with van der Waals surface area (Å²) < 4.78 is 14.0. The van der Waals surface area contributed by atoms with E-state index in [1.165, 1.54) is 12.4 Å². The van der Waals surface area contributed by atoms with Gasteiger partial charge in [0.05, 0.1) is 0 Å². The Morgan fingerprint density at radius 2 is 2.24 bits per heavy atom. The predicted octanol–water partition coefficient (Wildman–Crippen LogP) is 1.95. The second kappa shape index (κ2) is 8.68. The third-order valence-corrected chi connectivity index (χ3v) is 4.87. The molecule has 0 radical (unpaired) electrons. The van der Waals surface area contributed by atoms with Crippen molar-refractivity contribution in [1.29, 1.82) is 0 Å². The first kappa shape index (κ1) is 18.9. The van der Waals surface area contributed by atoms with E-state index in [9.17, 15) is 4.39 Å². The Balaban J connectivity index is 1.33. The Kier molecular flexibility index (Phi) is 5.64. The number of aromatic nitrogens is 4. The molecule has 1 atom stereocenters. The number of guanidine groups is 1. The van der Waals surface area contributed by atoms with Crippen LogP contribution in [-0.4, -0.2) is 52.3 Å².